The molecule has 1 aliphatic carbocycles. The minimum absolute atomic E-state index is 0.0742. The Hall–Kier alpha value is -3.39. The van der Waals surface area contributed by atoms with Crippen LogP contribution in [0.4, 0.5) is 17.3 Å². The Morgan fingerprint density at radius 3 is 2.51 bits per heavy atom. The van der Waals surface area contributed by atoms with Gasteiger partial charge in [-0.25, -0.2) is 9.97 Å². The van der Waals surface area contributed by atoms with Crippen LogP contribution in [0, 0.1) is 0 Å². The first-order chi connectivity index (χ1) is 18.1. The van der Waals surface area contributed by atoms with Gasteiger partial charge < -0.3 is 25.6 Å². The summed E-state index contributed by atoms with van der Waals surface area (Å²) < 4.78 is 5.72. The summed E-state index contributed by atoms with van der Waals surface area (Å²) in [5, 5.41) is 4.42. The lowest BCUT2D eigenvalue weighted by molar-refractivity contribution is -0.133. The molecule has 1 unspecified atom stereocenters. The SMILES string of the molecule is CCCC(N)C(=O)N1CCN(c2ccc(Nc3ncc4ccc(OC)c(C5CCCC5)c4n3)cc2)CC1. The molecule has 0 bridgehead atoms. The van der Waals surface area contributed by atoms with E-state index in [1.807, 2.05) is 23.2 Å². The minimum atomic E-state index is -0.380. The topological polar surface area (TPSA) is 96.6 Å². The number of fused-ring (bicyclic) bond motifs is 1. The summed E-state index contributed by atoms with van der Waals surface area (Å²) in [5.41, 5.74) is 10.3. The van der Waals surface area contributed by atoms with Crippen molar-refractivity contribution in [2.45, 2.75) is 57.4 Å². The molecule has 8 nitrogen and oxygen atoms in total. The molecular formula is C29H38N6O2. The summed E-state index contributed by atoms with van der Waals surface area (Å²) in [7, 11) is 1.74. The fraction of sp³-hybridized carbons (Fsp3) is 0.483. The average molecular weight is 503 g/mol. The molecule has 1 saturated heterocycles. The maximum Gasteiger partial charge on any atom is 0.239 e. The van der Waals surface area contributed by atoms with E-state index in [9.17, 15) is 4.79 Å². The third-order valence-electron chi connectivity index (χ3n) is 7.73. The molecule has 2 heterocycles. The summed E-state index contributed by atoms with van der Waals surface area (Å²) in [4.78, 5) is 26.2. The van der Waals surface area contributed by atoms with Crippen molar-refractivity contribution in [3.8, 4) is 5.75 Å². The zero-order chi connectivity index (χ0) is 25.8. The summed E-state index contributed by atoms with van der Waals surface area (Å²) in [6.07, 6.45) is 8.42. The molecule has 1 aromatic heterocycles. The number of ether oxygens (including phenoxy) is 1. The first kappa shape index (κ1) is 25.3. The molecule has 0 radical (unpaired) electrons. The molecular weight excluding hydrogens is 464 g/mol. The van der Waals surface area contributed by atoms with E-state index >= 15 is 0 Å². The molecule has 1 amide bonds. The maximum atomic E-state index is 12.5. The number of benzene rings is 2. The molecule has 3 N–H and O–H groups in total. The predicted octanol–water partition coefficient (Wildman–Crippen LogP) is 4.82. The third-order valence-corrected chi connectivity index (χ3v) is 7.73. The molecule has 3 aromatic rings. The molecule has 2 aliphatic rings. The van der Waals surface area contributed by atoms with Gasteiger partial charge in [0.25, 0.3) is 0 Å². The lowest BCUT2D eigenvalue weighted by Gasteiger charge is -2.37. The number of rotatable bonds is 8. The van der Waals surface area contributed by atoms with Gasteiger partial charge in [0.15, 0.2) is 0 Å². The van der Waals surface area contributed by atoms with E-state index in [4.69, 9.17) is 15.5 Å². The molecule has 1 saturated carbocycles. The van der Waals surface area contributed by atoms with Gasteiger partial charge in [-0.15, -0.1) is 0 Å². The van der Waals surface area contributed by atoms with Gasteiger partial charge in [-0.05, 0) is 61.6 Å². The molecule has 0 spiro atoms. The van der Waals surface area contributed by atoms with Crippen molar-refractivity contribution in [3.63, 3.8) is 0 Å². The number of anilines is 3. The smallest absolute Gasteiger partial charge is 0.239 e. The van der Waals surface area contributed by atoms with Gasteiger partial charge in [-0.1, -0.05) is 26.2 Å². The normalized spacial score (nSPS) is 17.3. The molecule has 5 rings (SSSR count). The molecule has 1 aliphatic heterocycles. The number of carbonyl (C=O) groups excluding carboxylic acids is 1. The second kappa shape index (κ2) is 11.3. The number of methoxy groups -OCH3 is 1. The number of hydrogen-bond donors (Lipinski definition) is 2. The maximum absolute atomic E-state index is 12.5. The van der Waals surface area contributed by atoms with Crippen molar-refractivity contribution in [3.05, 3.63) is 48.2 Å². The third kappa shape index (κ3) is 5.49. The van der Waals surface area contributed by atoms with Crippen molar-refractivity contribution >= 4 is 34.1 Å². The largest absolute Gasteiger partial charge is 0.496 e. The predicted molar refractivity (Wildman–Crippen MR) is 149 cm³/mol. The van der Waals surface area contributed by atoms with Gasteiger partial charge in [-0.2, -0.15) is 0 Å². The summed E-state index contributed by atoms with van der Waals surface area (Å²) in [6.45, 7) is 5.07. The highest BCUT2D eigenvalue weighted by molar-refractivity contribution is 5.85. The van der Waals surface area contributed by atoms with E-state index in [1.165, 1.54) is 31.2 Å². The van der Waals surface area contributed by atoms with Crippen LogP contribution in [0.2, 0.25) is 0 Å². The van der Waals surface area contributed by atoms with E-state index in [1.54, 1.807) is 7.11 Å². The lowest BCUT2D eigenvalue weighted by atomic mass is 9.94. The van der Waals surface area contributed by atoms with Crippen LogP contribution < -0.4 is 20.7 Å². The number of hydrogen-bond acceptors (Lipinski definition) is 7. The number of nitrogens with two attached hydrogens (primary N) is 1. The average Bonchev–Trinajstić information content (AvgIpc) is 3.47. The fourth-order valence-corrected chi connectivity index (χ4v) is 5.69. The Labute approximate surface area is 219 Å². The molecule has 8 heteroatoms. The number of nitrogens with one attached hydrogen (secondary N) is 1. The number of piperazine rings is 1. The van der Waals surface area contributed by atoms with E-state index in [0.29, 0.717) is 25.0 Å². The summed E-state index contributed by atoms with van der Waals surface area (Å²) in [6, 6.07) is 12.0. The first-order valence-corrected chi connectivity index (χ1v) is 13.6. The van der Waals surface area contributed by atoms with Gasteiger partial charge in [0.1, 0.15) is 5.75 Å². The van der Waals surface area contributed by atoms with Crippen LogP contribution in [0.5, 0.6) is 5.75 Å². The summed E-state index contributed by atoms with van der Waals surface area (Å²) in [5.74, 6) is 2.06. The van der Waals surface area contributed by atoms with Crippen molar-refractivity contribution in [1.82, 2.24) is 14.9 Å². The Bertz CT molecular complexity index is 1220. The first-order valence-electron chi connectivity index (χ1n) is 13.6. The fourth-order valence-electron chi connectivity index (χ4n) is 5.69. The van der Waals surface area contributed by atoms with Crippen LogP contribution in [0.15, 0.2) is 42.6 Å². The van der Waals surface area contributed by atoms with E-state index in [0.717, 1.165) is 54.0 Å². The zero-order valence-corrected chi connectivity index (χ0v) is 21.9. The quantitative estimate of drug-likeness (QED) is 0.456. The Morgan fingerprint density at radius 2 is 1.84 bits per heavy atom. The van der Waals surface area contributed by atoms with Crippen LogP contribution in [-0.4, -0.2) is 60.1 Å². The Morgan fingerprint density at radius 1 is 1.11 bits per heavy atom. The number of aromatic nitrogens is 2. The number of nitrogens with zero attached hydrogens (tertiary/aromatic N) is 4. The molecule has 1 atom stereocenters. The highest BCUT2D eigenvalue weighted by atomic mass is 16.5. The number of amides is 1. The molecule has 196 valence electrons. The number of carbonyl (C=O) groups is 1. The Kier molecular flexibility index (Phi) is 7.74. The highest BCUT2D eigenvalue weighted by Crippen LogP contribution is 2.42. The van der Waals surface area contributed by atoms with Gasteiger partial charge in [0.2, 0.25) is 11.9 Å². The minimum Gasteiger partial charge on any atom is -0.496 e. The van der Waals surface area contributed by atoms with E-state index < -0.39 is 0 Å². The second-order valence-electron chi connectivity index (χ2n) is 10.2. The van der Waals surface area contributed by atoms with Crippen LogP contribution in [0.25, 0.3) is 10.9 Å². The van der Waals surface area contributed by atoms with Gasteiger partial charge in [-0.3, -0.25) is 4.79 Å². The second-order valence-corrected chi connectivity index (χ2v) is 10.2. The monoisotopic (exact) mass is 502 g/mol. The van der Waals surface area contributed by atoms with Crippen molar-refractivity contribution in [2.24, 2.45) is 5.73 Å². The zero-order valence-electron chi connectivity index (χ0n) is 21.9. The van der Waals surface area contributed by atoms with E-state index in [2.05, 4.69) is 46.4 Å². The van der Waals surface area contributed by atoms with Crippen LogP contribution in [0.1, 0.15) is 56.9 Å². The van der Waals surface area contributed by atoms with Gasteiger partial charge in [0.05, 0.1) is 18.7 Å². The Balaban J connectivity index is 1.26. The van der Waals surface area contributed by atoms with Crippen LogP contribution in [0.3, 0.4) is 0 Å². The standard InChI is InChI=1S/C29H38N6O2/c1-3-6-24(30)28(36)35-17-15-34(16-18-35)23-12-10-22(11-13-23)32-29-31-19-21-9-14-25(37-2)26(27(21)33-29)20-7-4-5-8-20/h9-14,19-20,24H,3-8,15-18,30H2,1-2H3,(H,31,32,33). The van der Waals surface area contributed by atoms with Crippen LogP contribution in [-0.2, 0) is 4.79 Å². The lowest BCUT2D eigenvalue weighted by Crippen LogP contribution is -2.53. The van der Waals surface area contributed by atoms with Crippen molar-refractivity contribution < 1.29 is 9.53 Å². The molecule has 37 heavy (non-hydrogen) atoms. The van der Waals surface area contributed by atoms with Gasteiger partial charge >= 0.3 is 0 Å². The van der Waals surface area contributed by atoms with Crippen molar-refractivity contribution in [2.75, 3.05) is 43.5 Å². The molecule has 2 aromatic carbocycles. The van der Waals surface area contributed by atoms with Crippen LogP contribution >= 0.6 is 0 Å². The van der Waals surface area contributed by atoms with Crippen molar-refractivity contribution in [1.29, 1.82) is 0 Å². The summed E-state index contributed by atoms with van der Waals surface area (Å²) >= 11 is 0. The van der Waals surface area contributed by atoms with Gasteiger partial charge in [0, 0.05) is 54.7 Å². The highest BCUT2D eigenvalue weighted by Gasteiger charge is 2.26. The molecule has 2 fully saturated rings. The van der Waals surface area contributed by atoms with E-state index in [-0.39, 0.29) is 11.9 Å².